The zero-order valence-electron chi connectivity index (χ0n) is 11.1. The number of aromatic amines is 1. The highest BCUT2D eigenvalue weighted by Crippen LogP contribution is 2.37. The van der Waals surface area contributed by atoms with Gasteiger partial charge < -0.3 is 10.4 Å². The molecule has 1 aliphatic rings. The summed E-state index contributed by atoms with van der Waals surface area (Å²) in [6.45, 7) is 1.66. The fourth-order valence-electron chi connectivity index (χ4n) is 2.07. The monoisotopic (exact) mass is 272 g/mol. The van der Waals surface area contributed by atoms with Crippen molar-refractivity contribution in [1.29, 1.82) is 0 Å². The van der Waals surface area contributed by atoms with E-state index < -0.39 is 6.10 Å². The van der Waals surface area contributed by atoms with E-state index in [0.29, 0.717) is 17.2 Å². The van der Waals surface area contributed by atoms with E-state index in [1.807, 2.05) is 6.07 Å². The minimum atomic E-state index is -0.652. The van der Waals surface area contributed by atoms with Crippen LogP contribution >= 0.6 is 0 Å². The van der Waals surface area contributed by atoms with Gasteiger partial charge in [0.2, 0.25) is 5.82 Å². The highest BCUT2D eigenvalue weighted by molar-refractivity contribution is 6.01. The van der Waals surface area contributed by atoms with Crippen LogP contribution in [-0.4, -0.2) is 26.2 Å². The summed E-state index contributed by atoms with van der Waals surface area (Å²) in [5, 5.41) is 19.2. The van der Waals surface area contributed by atoms with Gasteiger partial charge in [-0.2, -0.15) is 0 Å². The van der Waals surface area contributed by atoms with Crippen molar-refractivity contribution in [2.75, 3.05) is 5.32 Å². The Morgan fingerprint density at radius 3 is 2.90 bits per heavy atom. The minimum Gasteiger partial charge on any atom is -0.389 e. The van der Waals surface area contributed by atoms with Crippen molar-refractivity contribution in [3.05, 3.63) is 41.5 Å². The number of rotatable bonds is 4. The summed E-state index contributed by atoms with van der Waals surface area (Å²) in [7, 11) is 0. The Kier molecular flexibility index (Phi) is 3.23. The van der Waals surface area contributed by atoms with Gasteiger partial charge in [-0.05, 0) is 25.8 Å². The van der Waals surface area contributed by atoms with E-state index in [4.69, 9.17) is 0 Å². The van der Waals surface area contributed by atoms with Crippen molar-refractivity contribution in [1.82, 2.24) is 15.2 Å². The van der Waals surface area contributed by atoms with Gasteiger partial charge in [0.1, 0.15) is 5.82 Å². The van der Waals surface area contributed by atoms with Crippen LogP contribution in [-0.2, 0) is 0 Å². The highest BCUT2D eigenvalue weighted by atomic mass is 16.3. The lowest BCUT2D eigenvalue weighted by atomic mass is 10.1. The number of aliphatic hydroxyl groups excluding tert-OH is 1. The lowest BCUT2D eigenvalue weighted by Gasteiger charge is -2.11. The SMILES string of the molecule is CC(O)c1ccccc1NC(=O)c1n[nH]c(C2CC2)n1. The van der Waals surface area contributed by atoms with E-state index in [-0.39, 0.29) is 11.7 Å². The minimum absolute atomic E-state index is 0.132. The molecule has 0 saturated heterocycles. The Morgan fingerprint density at radius 2 is 2.20 bits per heavy atom. The smallest absolute Gasteiger partial charge is 0.295 e. The normalized spacial score (nSPS) is 15.9. The number of carbonyl (C=O) groups is 1. The Balaban J connectivity index is 1.78. The van der Waals surface area contributed by atoms with E-state index in [2.05, 4.69) is 20.5 Å². The Bertz CT molecular complexity index is 632. The molecule has 0 radical (unpaired) electrons. The lowest BCUT2D eigenvalue weighted by molar-refractivity contribution is 0.101. The Hall–Kier alpha value is -2.21. The number of amides is 1. The number of hydrogen-bond donors (Lipinski definition) is 3. The van der Waals surface area contributed by atoms with Crippen molar-refractivity contribution >= 4 is 11.6 Å². The number of aliphatic hydroxyl groups is 1. The molecule has 6 nitrogen and oxygen atoms in total. The maximum atomic E-state index is 12.1. The van der Waals surface area contributed by atoms with Crippen LogP contribution in [0.2, 0.25) is 0 Å². The maximum absolute atomic E-state index is 12.1. The average molecular weight is 272 g/mol. The second-order valence-electron chi connectivity index (χ2n) is 5.04. The first-order valence-corrected chi connectivity index (χ1v) is 6.66. The lowest BCUT2D eigenvalue weighted by Crippen LogP contribution is -2.15. The molecule has 0 bridgehead atoms. The van der Waals surface area contributed by atoms with Gasteiger partial charge in [0.25, 0.3) is 5.91 Å². The first-order chi connectivity index (χ1) is 9.65. The molecule has 20 heavy (non-hydrogen) atoms. The zero-order valence-corrected chi connectivity index (χ0v) is 11.1. The first kappa shape index (κ1) is 12.8. The van der Waals surface area contributed by atoms with Crippen LogP contribution in [0.5, 0.6) is 0 Å². The summed E-state index contributed by atoms with van der Waals surface area (Å²) in [6, 6.07) is 7.13. The van der Waals surface area contributed by atoms with Crippen LogP contribution in [0.15, 0.2) is 24.3 Å². The van der Waals surface area contributed by atoms with Gasteiger partial charge in [0.15, 0.2) is 0 Å². The summed E-state index contributed by atoms with van der Waals surface area (Å²) in [5.41, 5.74) is 1.24. The van der Waals surface area contributed by atoms with E-state index in [1.165, 1.54) is 0 Å². The molecule has 0 spiro atoms. The first-order valence-electron chi connectivity index (χ1n) is 6.66. The number of aromatic nitrogens is 3. The largest absolute Gasteiger partial charge is 0.389 e. The van der Waals surface area contributed by atoms with Gasteiger partial charge in [0, 0.05) is 17.2 Å². The molecular formula is C14H16N4O2. The molecule has 1 saturated carbocycles. The van der Waals surface area contributed by atoms with Gasteiger partial charge in [-0.15, -0.1) is 5.10 Å². The van der Waals surface area contributed by atoms with E-state index in [9.17, 15) is 9.90 Å². The number of anilines is 1. The molecule has 1 aromatic carbocycles. The van der Waals surface area contributed by atoms with Crippen molar-refractivity contribution in [2.24, 2.45) is 0 Å². The summed E-state index contributed by atoms with van der Waals surface area (Å²) >= 11 is 0. The quantitative estimate of drug-likeness (QED) is 0.793. The predicted octanol–water partition coefficient (Wildman–Crippen LogP) is 1.99. The number of para-hydroxylation sites is 1. The molecule has 1 aromatic heterocycles. The van der Waals surface area contributed by atoms with Gasteiger partial charge in [-0.25, -0.2) is 4.98 Å². The Labute approximate surface area is 116 Å². The molecule has 1 atom stereocenters. The van der Waals surface area contributed by atoms with Gasteiger partial charge >= 0.3 is 0 Å². The molecule has 1 aliphatic carbocycles. The number of nitrogens with one attached hydrogen (secondary N) is 2. The third-order valence-electron chi connectivity index (χ3n) is 3.33. The second-order valence-corrected chi connectivity index (χ2v) is 5.04. The third kappa shape index (κ3) is 2.55. The van der Waals surface area contributed by atoms with E-state index in [1.54, 1.807) is 25.1 Å². The number of nitrogens with zero attached hydrogens (tertiary/aromatic N) is 2. The second kappa shape index (κ2) is 5.05. The van der Waals surface area contributed by atoms with Crippen LogP contribution < -0.4 is 5.32 Å². The Morgan fingerprint density at radius 1 is 1.45 bits per heavy atom. The molecule has 3 rings (SSSR count). The number of H-pyrrole nitrogens is 1. The number of carbonyl (C=O) groups excluding carboxylic acids is 1. The molecule has 104 valence electrons. The fraction of sp³-hybridized carbons (Fsp3) is 0.357. The van der Waals surface area contributed by atoms with Crippen molar-refractivity contribution < 1.29 is 9.90 Å². The number of hydrogen-bond acceptors (Lipinski definition) is 4. The molecule has 0 aliphatic heterocycles. The van der Waals surface area contributed by atoms with Gasteiger partial charge in [0.05, 0.1) is 6.10 Å². The maximum Gasteiger partial charge on any atom is 0.295 e. The highest BCUT2D eigenvalue weighted by Gasteiger charge is 2.28. The molecular weight excluding hydrogens is 256 g/mol. The predicted molar refractivity (Wildman–Crippen MR) is 73.4 cm³/mol. The van der Waals surface area contributed by atoms with Crippen LogP contribution in [0.25, 0.3) is 0 Å². The van der Waals surface area contributed by atoms with Crippen molar-refractivity contribution in [3.63, 3.8) is 0 Å². The zero-order chi connectivity index (χ0) is 14.1. The van der Waals surface area contributed by atoms with Gasteiger partial charge in [-0.1, -0.05) is 18.2 Å². The summed E-state index contributed by atoms with van der Waals surface area (Å²) in [4.78, 5) is 16.3. The average Bonchev–Trinajstić information content (AvgIpc) is 3.16. The van der Waals surface area contributed by atoms with Crippen LogP contribution in [0.4, 0.5) is 5.69 Å². The third-order valence-corrected chi connectivity index (χ3v) is 3.33. The summed E-state index contributed by atoms with van der Waals surface area (Å²) in [6.07, 6.45) is 1.54. The standard InChI is InChI=1S/C14H16N4O2/c1-8(19)10-4-2-3-5-11(10)15-14(20)13-16-12(17-18-13)9-6-7-9/h2-5,8-9,19H,6-7H2,1H3,(H,15,20)(H,16,17,18). The van der Waals surface area contributed by atoms with Crippen molar-refractivity contribution in [3.8, 4) is 0 Å². The summed E-state index contributed by atoms with van der Waals surface area (Å²) in [5.74, 6) is 0.960. The summed E-state index contributed by atoms with van der Waals surface area (Å²) < 4.78 is 0. The van der Waals surface area contributed by atoms with E-state index in [0.717, 1.165) is 18.7 Å². The molecule has 1 unspecified atom stereocenters. The molecule has 1 amide bonds. The topological polar surface area (TPSA) is 90.9 Å². The van der Waals surface area contributed by atoms with Crippen LogP contribution in [0.1, 0.15) is 53.8 Å². The molecule has 1 fully saturated rings. The van der Waals surface area contributed by atoms with Gasteiger partial charge in [-0.3, -0.25) is 9.89 Å². The van der Waals surface area contributed by atoms with Crippen molar-refractivity contribution in [2.45, 2.75) is 31.8 Å². The molecule has 1 heterocycles. The molecule has 3 N–H and O–H groups in total. The van der Waals surface area contributed by atoms with Crippen LogP contribution in [0.3, 0.4) is 0 Å². The molecule has 6 heteroatoms. The fourth-order valence-corrected chi connectivity index (χ4v) is 2.07. The molecule has 2 aromatic rings. The van der Waals surface area contributed by atoms with Crippen LogP contribution in [0, 0.1) is 0 Å². The van der Waals surface area contributed by atoms with E-state index >= 15 is 0 Å². The number of benzene rings is 1.